The van der Waals surface area contributed by atoms with Crippen LogP contribution >= 0.6 is 0 Å². The first kappa shape index (κ1) is 14.6. The molecule has 0 radical (unpaired) electrons. The zero-order valence-corrected chi connectivity index (χ0v) is 11.4. The van der Waals surface area contributed by atoms with Crippen LogP contribution in [0, 0.1) is 0 Å². The average Bonchev–Trinajstić information content (AvgIpc) is 2.43. The molecule has 0 aliphatic heterocycles. The van der Waals surface area contributed by atoms with Gasteiger partial charge in [0.15, 0.2) is 0 Å². The number of anilines is 1. The Bertz CT molecular complexity index is 707. The summed E-state index contributed by atoms with van der Waals surface area (Å²) >= 11 is 0. The van der Waals surface area contributed by atoms with Crippen LogP contribution in [0.15, 0.2) is 29.1 Å². The summed E-state index contributed by atoms with van der Waals surface area (Å²) in [6.07, 6.45) is 0.178. The fraction of sp³-hybridized carbons (Fsp3) is 0.214. The van der Waals surface area contributed by atoms with E-state index in [2.05, 4.69) is 9.97 Å². The van der Waals surface area contributed by atoms with Crippen molar-refractivity contribution in [2.75, 3.05) is 12.3 Å². The number of carbonyl (C=O) groups excluding carboxylic acids is 1. The lowest BCUT2D eigenvalue weighted by Crippen LogP contribution is -2.16. The van der Waals surface area contributed by atoms with E-state index < -0.39 is 17.4 Å². The monoisotopic (exact) mass is 289 g/mol. The van der Waals surface area contributed by atoms with Crippen LogP contribution in [-0.4, -0.2) is 27.7 Å². The van der Waals surface area contributed by atoms with Gasteiger partial charge < -0.3 is 15.6 Å². The predicted octanol–water partition coefficient (Wildman–Crippen LogP) is 0.825. The molecule has 0 bridgehead atoms. The van der Waals surface area contributed by atoms with E-state index in [4.69, 9.17) is 10.5 Å². The molecule has 7 heteroatoms. The zero-order valence-electron chi connectivity index (χ0n) is 11.4. The van der Waals surface area contributed by atoms with Crippen LogP contribution in [0.2, 0.25) is 0 Å². The summed E-state index contributed by atoms with van der Waals surface area (Å²) in [7, 11) is 0. The number of H-pyrrole nitrogens is 1. The van der Waals surface area contributed by atoms with Crippen LogP contribution in [-0.2, 0) is 11.2 Å². The van der Waals surface area contributed by atoms with Gasteiger partial charge >= 0.3 is 5.97 Å². The first-order valence-corrected chi connectivity index (χ1v) is 6.35. The summed E-state index contributed by atoms with van der Waals surface area (Å²) in [5.41, 5.74) is 6.12. The number of nitrogens with zero attached hydrogens (tertiary/aromatic N) is 1. The van der Waals surface area contributed by atoms with E-state index in [9.17, 15) is 14.7 Å². The third-order valence-corrected chi connectivity index (χ3v) is 2.86. The second kappa shape index (κ2) is 6.08. The summed E-state index contributed by atoms with van der Waals surface area (Å²) in [6, 6.07) is 6.57. The Morgan fingerprint density at radius 2 is 2.05 bits per heavy atom. The Balaban J connectivity index is 2.22. The molecule has 0 aliphatic carbocycles. The number of benzene rings is 1. The Morgan fingerprint density at radius 3 is 2.62 bits per heavy atom. The second-order valence-corrected chi connectivity index (χ2v) is 4.35. The van der Waals surface area contributed by atoms with Crippen molar-refractivity contribution >= 4 is 11.9 Å². The van der Waals surface area contributed by atoms with Crippen molar-refractivity contribution in [2.24, 2.45) is 0 Å². The molecule has 0 atom stereocenters. The molecule has 0 amide bonds. The number of carbonyl (C=O) groups is 1. The van der Waals surface area contributed by atoms with Crippen molar-refractivity contribution in [1.82, 2.24) is 9.97 Å². The number of nitrogen functional groups attached to an aromatic ring is 1. The molecule has 0 spiro atoms. The fourth-order valence-corrected chi connectivity index (χ4v) is 1.84. The summed E-state index contributed by atoms with van der Waals surface area (Å²) in [5.74, 6) is -0.941. The van der Waals surface area contributed by atoms with E-state index in [0.29, 0.717) is 12.2 Å². The van der Waals surface area contributed by atoms with Crippen molar-refractivity contribution in [3.63, 3.8) is 0 Å². The van der Waals surface area contributed by atoms with E-state index in [1.54, 1.807) is 31.2 Å². The van der Waals surface area contributed by atoms with Crippen LogP contribution in [0.25, 0.3) is 0 Å². The van der Waals surface area contributed by atoms with Crippen LogP contribution in [0.3, 0.4) is 0 Å². The summed E-state index contributed by atoms with van der Waals surface area (Å²) < 4.78 is 4.88. The number of ether oxygens (including phenoxy) is 1. The van der Waals surface area contributed by atoms with Crippen molar-refractivity contribution in [2.45, 2.75) is 13.3 Å². The number of hydrogen-bond acceptors (Lipinski definition) is 6. The van der Waals surface area contributed by atoms with E-state index in [-0.39, 0.29) is 17.9 Å². The third-order valence-electron chi connectivity index (χ3n) is 2.86. The Labute approximate surface area is 120 Å². The number of aromatic nitrogens is 2. The molecule has 0 aliphatic rings. The van der Waals surface area contributed by atoms with Gasteiger partial charge in [0.05, 0.1) is 17.7 Å². The van der Waals surface area contributed by atoms with E-state index >= 15 is 0 Å². The van der Waals surface area contributed by atoms with Crippen molar-refractivity contribution in [3.05, 3.63) is 51.3 Å². The van der Waals surface area contributed by atoms with Crippen LogP contribution in [0.1, 0.15) is 28.4 Å². The van der Waals surface area contributed by atoms with Gasteiger partial charge in [-0.15, -0.1) is 0 Å². The number of nitrogens with one attached hydrogen (secondary N) is 1. The SMILES string of the molecule is CCOC(=O)c1ccc(Cc2c(O)nc(N)[nH]c2=O)cc1. The molecule has 1 aromatic carbocycles. The Morgan fingerprint density at radius 1 is 1.38 bits per heavy atom. The maximum atomic E-state index is 11.7. The third kappa shape index (κ3) is 3.38. The van der Waals surface area contributed by atoms with Crippen LogP contribution in [0.5, 0.6) is 5.88 Å². The molecule has 0 unspecified atom stereocenters. The van der Waals surface area contributed by atoms with Gasteiger partial charge in [0, 0.05) is 6.42 Å². The minimum atomic E-state index is -0.491. The summed E-state index contributed by atoms with van der Waals surface area (Å²) in [6.45, 7) is 2.04. The summed E-state index contributed by atoms with van der Waals surface area (Å²) in [5, 5.41) is 9.66. The number of nitrogens with two attached hydrogens (primary N) is 1. The first-order chi connectivity index (χ1) is 10.0. The lowest BCUT2D eigenvalue weighted by atomic mass is 10.1. The second-order valence-electron chi connectivity index (χ2n) is 4.35. The molecule has 2 rings (SSSR count). The van der Waals surface area contributed by atoms with Gasteiger partial charge in [0.1, 0.15) is 0 Å². The van der Waals surface area contributed by atoms with Gasteiger partial charge in [-0.3, -0.25) is 9.78 Å². The number of esters is 1. The number of aromatic amines is 1. The lowest BCUT2D eigenvalue weighted by Gasteiger charge is -2.05. The van der Waals surface area contributed by atoms with E-state index in [1.807, 2.05) is 0 Å². The molecule has 0 saturated heterocycles. The topological polar surface area (TPSA) is 118 Å². The molecular formula is C14H15N3O4. The van der Waals surface area contributed by atoms with Crippen LogP contribution in [0.4, 0.5) is 5.95 Å². The highest BCUT2D eigenvalue weighted by molar-refractivity contribution is 5.89. The highest BCUT2D eigenvalue weighted by Gasteiger charge is 2.11. The molecule has 0 fully saturated rings. The number of rotatable bonds is 4. The summed E-state index contributed by atoms with van der Waals surface area (Å²) in [4.78, 5) is 29.2. The maximum Gasteiger partial charge on any atom is 0.338 e. The van der Waals surface area contributed by atoms with Gasteiger partial charge in [-0.05, 0) is 24.6 Å². The molecule has 2 aromatic rings. The lowest BCUT2D eigenvalue weighted by molar-refractivity contribution is 0.0526. The standard InChI is InChI=1S/C14H15N3O4/c1-2-21-13(20)9-5-3-8(4-6-9)7-10-11(18)16-14(15)17-12(10)19/h3-6H,2,7H2,1H3,(H4,15,16,17,18,19). The molecule has 21 heavy (non-hydrogen) atoms. The van der Waals surface area contributed by atoms with Gasteiger partial charge in [0.25, 0.3) is 5.56 Å². The molecule has 4 N–H and O–H groups in total. The fourth-order valence-electron chi connectivity index (χ4n) is 1.84. The molecule has 7 nitrogen and oxygen atoms in total. The Kier molecular flexibility index (Phi) is 4.22. The van der Waals surface area contributed by atoms with Crippen LogP contribution < -0.4 is 11.3 Å². The van der Waals surface area contributed by atoms with Crippen molar-refractivity contribution < 1.29 is 14.6 Å². The van der Waals surface area contributed by atoms with Gasteiger partial charge in [-0.25, -0.2) is 4.79 Å². The van der Waals surface area contributed by atoms with Crippen molar-refractivity contribution in [3.8, 4) is 5.88 Å². The first-order valence-electron chi connectivity index (χ1n) is 6.35. The van der Waals surface area contributed by atoms with Gasteiger partial charge in [-0.2, -0.15) is 4.98 Å². The van der Waals surface area contributed by atoms with Gasteiger partial charge in [0.2, 0.25) is 11.8 Å². The predicted molar refractivity (Wildman–Crippen MR) is 76.1 cm³/mol. The Hall–Kier alpha value is -2.83. The minimum absolute atomic E-state index is 0.119. The number of hydrogen-bond donors (Lipinski definition) is 3. The molecular weight excluding hydrogens is 274 g/mol. The molecule has 1 heterocycles. The number of aromatic hydroxyl groups is 1. The largest absolute Gasteiger partial charge is 0.493 e. The van der Waals surface area contributed by atoms with E-state index in [1.165, 1.54) is 0 Å². The highest BCUT2D eigenvalue weighted by Crippen LogP contribution is 2.15. The maximum absolute atomic E-state index is 11.7. The highest BCUT2D eigenvalue weighted by atomic mass is 16.5. The quantitative estimate of drug-likeness (QED) is 0.717. The van der Waals surface area contributed by atoms with E-state index in [0.717, 1.165) is 5.56 Å². The minimum Gasteiger partial charge on any atom is -0.493 e. The molecule has 0 saturated carbocycles. The van der Waals surface area contributed by atoms with Crippen molar-refractivity contribution in [1.29, 1.82) is 0 Å². The molecule has 110 valence electrons. The zero-order chi connectivity index (χ0) is 15.4. The smallest absolute Gasteiger partial charge is 0.338 e. The molecule has 1 aromatic heterocycles. The average molecular weight is 289 g/mol. The van der Waals surface area contributed by atoms with Gasteiger partial charge in [-0.1, -0.05) is 12.1 Å². The normalized spacial score (nSPS) is 10.3.